The Morgan fingerprint density at radius 1 is 1.56 bits per heavy atom. The van der Waals surface area contributed by atoms with Crippen LogP contribution in [0.15, 0.2) is 29.4 Å². The van der Waals surface area contributed by atoms with Crippen LogP contribution in [-0.2, 0) is 19.1 Å². The Balaban J connectivity index is 3.18. The van der Waals surface area contributed by atoms with Crippen LogP contribution in [0.4, 0.5) is 0 Å². The molecule has 0 bridgehead atoms. The van der Waals surface area contributed by atoms with E-state index in [0.29, 0.717) is 12.0 Å². The molecule has 1 N–H and O–H groups in total. The molecule has 8 heteroatoms. The standard InChI is InChI=1S/C17H26N4O4/c1-5-8-13(6-2)25-15-10-12(17(23)24-7-3)9-14(20-21-18)16(15)19-11(4)22/h5,10,13-16H,1,6-9H2,2-4H3,(H,19,22)/t13-,14-,15+,16+/m0/s1. The minimum atomic E-state index is -0.635. The van der Waals surface area contributed by atoms with E-state index < -0.39 is 24.2 Å². The van der Waals surface area contributed by atoms with E-state index in [2.05, 4.69) is 21.9 Å². The third-order valence-corrected chi connectivity index (χ3v) is 3.90. The van der Waals surface area contributed by atoms with Gasteiger partial charge in [0.05, 0.1) is 30.9 Å². The molecule has 25 heavy (non-hydrogen) atoms. The van der Waals surface area contributed by atoms with E-state index in [-0.39, 0.29) is 25.0 Å². The molecule has 0 aromatic heterocycles. The van der Waals surface area contributed by atoms with Gasteiger partial charge in [-0.1, -0.05) is 18.1 Å². The monoisotopic (exact) mass is 350 g/mol. The zero-order valence-electron chi connectivity index (χ0n) is 15.0. The first-order valence-electron chi connectivity index (χ1n) is 8.42. The Bertz CT molecular complexity index is 569. The Kier molecular flexibility index (Phi) is 8.74. The van der Waals surface area contributed by atoms with Gasteiger partial charge in [0.25, 0.3) is 0 Å². The van der Waals surface area contributed by atoms with E-state index in [1.165, 1.54) is 6.92 Å². The summed E-state index contributed by atoms with van der Waals surface area (Å²) in [5, 5.41) is 6.54. The minimum absolute atomic E-state index is 0.122. The maximum Gasteiger partial charge on any atom is 0.333 e. The summed E-state index contributed by atoms with van der Waals surface area (Å²) in [5.41, 5.74) is 9.24. The van der Waals surface area contributed by atoms with Crippen molar-refractivity contribution in [1.82, 2.24) is 5.32 Å². The summed E-state index contributed by atoms with van der Waals surface area (Å²) in [6.45, 7) is 9.04. The second-order valence-electron chi connectivity index (χ2n) is 5.77. The Labute approximate surface area is 147 Å². The SMILES string of the molecule is C=CC[C@H](CC)O[C@@H]1C=C(C(=O)OCC)C[C@H](N=[N+]=[N-])[C@H]1NC(C)=O. The molecule has 1 aliphatic carbocycles. The summed E-state index contributed by atoms with van der Waals surface area (Å²) in [6, 6.07) is -1.19. The normalized spacial score (nSPS) is 23.6. The Morgan fingerprint density at radius 3 is 2.80 bits per heavy atom. The zero-order chi connectivity index (χ0) is 18.8. The van der Waals surface area contributed by atoms with Crippen molar-refractivity contribution in [1.29, 1.82) is 0 Å². The number of hydrogen-bond donors (Lipinski definition) is 1. The Hall–Kier alpha value is -2.31. The van der Waals surface area contributed by atoms with Gasteiger partial charge in [0, 0.05) is 17.4 Å². The van der Waals surface area contributed by atoms with Gasteiger partial charge in [-0.05, 0) is 37.8 Å². The second kappa shape index (κ2) is 10.5. The number of rotatable bonds is 9. The van der Waals surface area contributed by atoms with Crippen molar-refractivity contribution in [2.75, 3.05) is 6.61 Å². The summed E-state index contributed by atoms with van der Waals surface area (Å²) in [6.07, 6.45) is 4.25. The lowest BCUT2D eigenvalue weighted by molar-refractivity contribution is -0.139. The van der Waals surface area contributed by atoms with Crippen LogP contribution in [0, 0.1) is 0 Å². The van der Waals surface area contributed by atoms with E-state index in [1.54, 1.807) is 19.1 Å². The molecule has 1 rings (SSSR count). The number of nitrogens with zero attached hydrogens (tertiary/aromatic N) is 3. The van der Waals surface area contributed by atoms with Crippen LogP contribution in [0.3, 0.4) is 0 Å². The van der Waals surface area contributed by atoms with Crippen LogP contribution in [0.25, 0.3) is 10.4 Å². The highest BCUT2D eigenvalue weighted by atomic mass is 16.5. The first-order valence-corrected chi connectivity index (χ1v) is 8.42. The van der Waals surface area contributed by atoms with Crippen molar-refractivity contribution in [3.63, 3.8) is 0 Å². The molecule has 0 unspecified atom stereocenters. The van der Waals surface area contributed by atoms with Crippen molar-refractivity contribution in [2.45, 2.75) is 64.3 Å². The maximum atomic E-state index is 12.1. The molecule has 0 aromatic rings. The highest BCUT2D eigenvalue weighted by Crippen LogP contribution is 2.27. The largest absolute Gasteiger partial charge is 0.463 e. The summed E-state index contributed by atoms with van der Waals surface area (Å²) in [7, 11) is 0. The van der Waals surface area contributed by atoms with Gasteiger partial charge in [0.15, 0.2) is 0 Å². The second-order valence-corrected chi connectivity index (χ2v) is 5.77. The molecule has 138 valence electrons. The molecular weight excluding hydrogens is 324 g/mol. The molecule has 8 nitrogen and oxygen atoms in total. The molecule has 1 amide bonds. The maximum absolute atomic E-state index is 12.1. The molecule has 0 aromatic carbocycles. The van der Waals surface area contributed by atoms with Gasteiger partial charge in [0.1, 0.15) is 0 Å². The van der Waals surface area contributed by atoms with Crippen LogP contribution >= 0.6 is 0 Å². The molecular formula is C17H26N4O4. The number of carbonyl (C=O) groups excluding carboxylic acids is 2. The van der Waals surface area contributed by atoms with Crippen molar-refractivity contribution in [2.24, 2.45) is 5.11 Å². The summed E-state index contributed by atoms with van der Waals surface area (Å²) in [4.78, 5) is 26.5. The minimum Gasteiger partial charge on any atom is -0.463 e. The summed E-state index contributed by atoms with van der Waals surface area (Å²) in [5.74, 6) is -0.728. The lowest BCUT2D eigenvalue weighted by Gasteiger charge is -2.36. The molecule has 0 saturated carbocycles. The zero-order valence-corrected chi connectivity index (χ0v) is 15.0. The van der Waals surface area contributed by atoms with Crippen LogP contribution in [0.2, 0.25) is 0 Å². The topological polar surface area (TPSA) is 113 Å². The number of carbonyl (C=O) groups is 2. The van der Waals surface area contributed by atoms with Gasteiger partial charge < -0.3 is 14.8 Å². The highest BCUT2D eigenvalue weighted by molar-refractivity contribution is 5.89. The highest BCUT2D eigenvalue weighted by Gasteiger charge is 2.37. The fourth-order valence-corrected chi connectivity index (χ4v) is 2.76. The average molecular weight is 350 g/mol. The number of hydrogen-bond acceptors (Lipinski definition) is 5. The summed E-state index contributed by atoms with van der Waals surface area (Å²) < 4.78 is 11.1. The lowest BCUT2D eigenvalue weighted by atomic mass is 9.88. The number of ether oxygens (including phenoxy) is 2. The van der Waals surface area contributed by atoms with Crippen molar-refractivity contribution in [3.05, 3.63) is 34.7 Å². The van der Waals surface area contributed by atoms with Gasteiger partial charge in [-0.2, -0.15) is 0 Å². The predicted molar refractivity (Wildman–Crippen MR) is 93.6 cm³/mol. The summed E-state index contributed by atoms with van der Waals surface area (Å²) >= 11 is 0. The van der Waals surface area contributed by atoms with Gasteiger partial charge in [0.2, 0.25) is 5.91 Å². The quantitative estimate of drug-likeness (QED) is 0.226. The third kappa shape index (κ3) is 6.25. The van der Waals surface area contributed by atoms with Crippen LogP contribution in [-0.4, -0.2) is 42.8 Å². The molecule has 0 radical (unpaired) electrons. The van der Waals surface area contributed by atoms with E-state index in [4.69, 9.17) is 15.0 Å². The van der Waals surface area contributed by atoms with Crippen LogP contribution < -0.4 is 5.32 Å². The molecule has 0 heterocycles. The van der Waals surface area contributed by atoms with Crippen LogP contribution in [0.5, 0.6) is 0 Å². The van der Waals surface area contributed by atoms with Crippen LogP contribution in [0.1, 0.15) is 40.0 Å². The lowest BCUT2D eigenvalue weighted by Crippen LogP contribution is -2.53. The third-order valence-electron chi connectivity index (χ3n) is 3.90. The van der Waals surface area contributed by atoms with Gasteiger partial charge in [-0.3, -0.25) is 4.79 Å². The van der Waals surface area contributed by atoms with Crippen molar-refractivity contribution >= 4 is 11.9 Å². The smallest absolute Gasteiger partial charge is 0.333 e. The molecule has 0 fully saturated rings. The first kappa shape index (κ1) is 20.7. The Morgan fingerprint density at radius 2 is 2.28 bits per heavy atom. The number of azide groups is 1. The van der Waals surface area contributed by atoms with Crippen molar-refractivity contribution in [3.8, 4) is 0 Å². The first-order chi connectivity index (χ1) is 12.0. The van der Waals surface area contributed by atoms with E-state index >= 15 is 0 Å². The number of esters is 1. The predicted octanol–water partition coefficient (Wildman–Crippen LogP) is 2.80. The van der Waals surface area contributed by atoms with Gasteiger partial charge in [-0.15, -0.1) is 6.58 Å². The van der Waals surface area contributed by atoms with Gasteiger partial charge in [-0.25, -0.2) is 4.79 Å². The molecule has 1 aliphatic rings. The molecule has 0 aliphatic heterocycles. The van der Waals surface area contributed by atoms with Crippen molar-refractivity contribution < 1.29 is 19.1 Å². The molecule has 0 spiro atoms. The number of nitrogens with one attached hydrogen (secondary N) is 1. The molecule has 0 saturated heterocycles. The fraction of sp³-hybridized carbons (Fsp3) is 0.647. The average Bonchev–Trinajstić information content (AvgIpc) is 2.56. The number of amides is 1. The van der Waals surface area contributed by atoms with Gasteiger partial charge >= 0.3 is 5.97 Å². The molecule has 4 atom stereocenters. The van der Waals surface area contributed by atoms with E-state index in [0.717, 1.165) is 6.42 Å². The fourth-order valence-electron chi connectivity index (χ4n) is 2.76. The van der Waals surface area contributed by atoms with E-state index in [9.17, 15) is 9.59 Å². The van der Waals surface area contributed by atoms with E-state index in [1.807, 2.05) is 6.92 Å².